The van der Waals surface area contributed by atoms with Crippen LogP contribution < -0.4 is 9.62 Å². The van der Waals surface area contributed by atoms with Crippen LogP contribution in [0.15, 0.2) is 48.5 Å². The number of anilines is 1. The summed E-state index contributed by atoms with van der Waals surface area (Å²) < 4.78 is 25.2. The number of benzene rings is 2. The largest absolute Gasteiger partial charge is 0.350 e. The van der Waals surface area contributed by atoms with Crippen molar-refractivity contribution in [2.24, 2.45) is 0 Å². The number of fused-ring (bicyclic) bond motifs is 1. The van der Waals surface area contributed by atoms with Crippen LogP contribution in [0, 0.1) is 0 Å². The molecule has 1 atom stereocenters. The Kier molecular flexibility index (Phi) is 7.15. The van der Waals surface area contributed by atoms with Crippen LogP contribution in [0.5, 0.6) is 0 Å². The molecule has 162 valence electrons. The van der Waals surface area contributed by atoms with E-state index < -0.39 is 10.0 Å². The van der Waals surface area contributed by atoms with Crippen LogP contribution in [-0.2, 0) is 22.9 Å². The fourth-order valence-corrected chi connectivity index (χ4v) is 5.08. The number of sulfonamides is 1. The third-order valence-corrected chi connectivity index (χ3v) is 6.92. The SMILES string of the molecule is CCN(CC)[C@@H](CNC(=O)c1ccc2c(c1)CCN2S(C)(=O)=O)Cc1ccccc1. The van der Waals surface area contributed by atoms with Gasteiger partial charge in [0.05, 0.1) is 11.9 Å². The zero-order chi connectivity index (χ0) is 21.7. The first-order valence-electron chi connectivity index (χ1n) is 10.5. The summed E-state index contributed by atoms with van der Waals surface area (Å²) in [6, 6.07) is 15.8. The average Bonchev–Trinajstić information content (AvgIpc) is 3.17. The van der Waals surface area contributed by atoms with Gasteiger partial charge in [-0.3, -0.25) is 14.0 Å². The van der Waals surface area contributed by atoms with Gasteiger partial charge >= 0.3 is 0 Å². The Balaban J connectivity index is 1.69. The maximum Gasteiger partial charge on any atom is 0.251 e. The minimum Gasteiger partial charge on any atom is -0.350 e. The number of hydrogen-bond donors (Lipinski definition) is 1. The first kappa shape index (κ1) is 22.3. The molecule has 1 aliphatic rings. The van der Waals surface area contributed by atoms with Crippen molar-refractivity contribution >= 4 is 21.6 Å². The number of carbonyl (C=O) groups is 1. The van der Waals surface area contributed by atoms with E-state index in [4.69, 9.17) is 0 Å². The van der Waals surface area contributed by atoms with Crippen LogP contribution in [0.1, 0.15) is 35.3 Å². The Morgan fingerprint density at radius 3 is 2.47 bits per heavy atom. The first-order chi connectivity index (χ1) is 14.3. The van der Waals surface area contributed by atoms with Crippen LogP contribution in [0.2, 0.25) is 0 Å². The van der Waals surface area contributed by atoms with Crippen LogP contribution in [0.4, 0.5) is 5.69 Å². The van der Waals surface area contributed by atoms with Crippen LogP contribution in [0.25, 0.3) is 0 Å². The van der Waals surface area contributed by atoms with Crippen molar-refractivity contribution in [2.45, 2.75) is 32.7 Å². The van der Waals surface area contributed by atoms with Gasteiger partial charge in [-0.2, -0.15) is 0 Å². The number of hydrogen-bond acceptors (Lipinski definition) is 4. The Hall–Kier alpha value is -2.38. The molecule has 30 heavy (non-hydrogen) atoms. The molecule has 7 heteroatoms. The summed E-state index contributed by atoms with van der Waals surface area (Å²) in [7, 11) is -3.29. The van der Waals surface area contributed by atoms with Crippen molar-refractivity contribution in [3.05, 3.63) is 65.2 Å². The van der Waals surface area contributed by atoms with Crippen molar-refractivity contribution in [3.63, 3.8) is 0 Å². The van der Waals surface area contributed by atoms with Crippen molar-refractivity contribution < 1.29 is 13.2 Å². The first-order valence-corrected chi connectivity index (χ1v) is 12.3. The van der Waals surface area contributed by atoms with E-state index in [-0.39, 0.29) is 11.9 Å². The van der Waals surface area contributed by atoms with E-state index in [2.05, 4.69) is 36.2 Å². The average molecular weight is 430 g/mol. The van der Waals surface area contributed by atoms with Crippen molar-refractivity contribution in [1.29, 1.82) is 0 Å². The van der Waals surface area contributed by atoms with Crippen molar-refractivity contribution in [2.75, 3.05) is 36.7 Å². The number of likely N-dealkylation sites (N-methyl/N-ethyl adjacent to an activating group) is 1. The van der Waals surface area contributed by atoms with Crippen LogP contribution >= 0.6 is 0 Å². The number of nitrogens with zero attached hydrogens (tertiary/aromatic N) is 2. The molecule has 2 aromatic carbocycles. The lowest BCUT2D eigenvalue weighted by atomic mass is 10.0. The molecular formula is C23H31N3O3S. The van der Waals surface area contributed by atoms with Gasteiger partial charge < -0.3 is 5.32 Å². The minimum absolute atomic E-state index is 0.124. The summed E-state index contributed by atoms with van der Waals surface area (Å²) in [6.07, 6.45) is 2.71. The van der Waals surface area contributed by atoms with E-state index in [0.29, 0.717) is 30.8 Å². The van der Waals surface area contributed by atoms with Crippen LogP contribution in [0.3, 0.4) is 0 Å². The van der Waals surface area contributed by atoms with Gasteiger partial charge in [-0.1, -0.05) is 44.2 Å². The molecule has 0 unspecified atom stereocenters. The fraction of sp³-hybridized carbons (Fsp3) is 0.435. The summed E-state index contributed by atoms with van der Waals surface area (Å²) >= 11 is 0. The molecular weight excluding hydrogens is 398 g/mol. The second-order valence-electron chi connectivity index (χ2n) is 7.70. The monoisotopic (exact) mass is 429 g/mol. The molecule has 1 N–H and O–H groups in total. The zero-order valence-corrected chi connectivity index (χ0v) is 18.8. The predicted molar refractivity (Wildman–Crippen MR) is 122 cm³/mol. The maximum absolute atomic E-state index is 12.8. The smallest absolute Gasteiger partial charge is 0.251 e. The van der Waals surface area contributed by atoms with E-state index in [1.54, 1.807) is 12.1 Å². The van der Waals surface area contributed by atoms with Gasteiger partial charge in [-0.05, 0) is 55.3 Å². The van der Waals surface area contributed by atoms with Gasteiger partial charge in [0.15, 0.2) is 0 Å². The Morgan fingerprint density at radius 2 is 1.83 bits per heavy atom. The Morgan fingerprint density at radius 1 is 1.13 bits per heavy atom. The minimum atomic E-state index is -3.29. The lowest BCUT2D eigenvalue weighted by Gasteiger charge is -2.30. The van der Waals surface area contributed by atoms with E-state index in [9.17, 15) is 13.2 Å². The van der Waals surface area contributed by atoms with Crippen molar-refractivity contribution in [3.8, 4) is 0 Å². The summed E-state index contributed by atoms with van der Waals surface area (Å²) in [4.78, 5) is 15.2. The molecule has 2 aromatic rings. The summed E-state index contributed by atoms with van der Waals surface area (Å²) in [5.41, 5.74) is 3.40. The molecule has 0 bridgehead atoms. The Bertz CT molecular complexity index is 972. The standard InChI is InChI=1S/C23H31N3O3S/c1-4-25(5-2)21(15-18-9-7-6-8-10-18)17-24-23(27)20-11-12-22-19(16-20)13-14-26(22)30(3,28)29/h6-12,16,21H,4-5,13-15,17H2,1-3H3,(H,24,27)/t21-/m1/s1. The van der Waals surface area contributed by atoms with E-state index in [1.165, 1.54) is 16.1 Å². The molecule has 0 radical (unpaired) electrons. The third kappa shape index (κ3) is 5.21. The lowest BCUT2D eigenvalue weighted by molar-refractivity contribution is 0.0934. The quantitative estimate of drug-likeness (QED) is 0.665. The lowest BCUT2D eigenvalue weighted by Crippen LogP contribution is -2.45. The molecule has 1 amide bonds. The normalized spacial score (nSPS) is 14.6. The maximum atomic E-state index is 12.8. The number of rotatable bonds is 9. The molecule has 3 rings (SSSR count). The summed E-state index contributed by atoms with van der Waals surface area (Å²) in [5.74, 6) is -0.124. The molecule has 0 aromatic heterocycles. The van der Waals surface area contributed by atoms with Gasteiger partial charge in [0, 0.05) is 24.7 Å². The fourth-order valence-electron chi connectivity index (χ4n) is 4.13. The zero-order valence-electron chi connectivity index (χ0n) is 18.0. The summed E-state index contributed by atoms with van der Waals surface area (Å²) in [5, 5.41) is 3.09. The number of amides is 1. The van der Waals surface area contributed by atoms with Gasteiger partial charge in [-0.25, -0.2) is 8.42 Å². The molecule has 0 spiro atoms. The van der Waals surface area contributed by atoms with E-state index >= 15 is 0 Å². The molecule has 1 heterocycles. The number of carbonyl (C=O) groups excluding carboxylic acids is 1. The summed E-state index contributed by atoms with van der Waals surface area (Å²) in [6.45, 7) is 7.10. The topological polar surface area (TPSA) is 69.7 Å². The molecule has 1 aliphatic heterocycles. The van der Waals surface area contributed by atoms with Gasteiger partial charge in [0.1, 0.15) is 0 Å². The second-order valence-corrected chi connectivity index (χ2v) is 9.61. The third-order valence-electron chi connectivity index (χ3n) is 5.74. The van der Waals surface area contributed by atoms with Gasteiger partial charge in [-0.15, -0.1) is 0 Å². The molecule has 0 aliphatic carbocycles. The molecule has 0 saturated carbocycles. The van der Waals surface area contributed by atoms with Gasteiger partial charge in [0.25, 0.3) is 5.91 Å². The predicted octanol–water partition coefficient (Wildman–Crippen LogP) is 2.69. The Labute approximate surface area is 179 Å². The highest BCUT2D eigenvalue weighted by Crippen LogP contribution is 2.30. The molecule has 0 saturated heterocycles. The van der Waals surface area contributed by atoms with Crippen LogP contribution in [-0.4, -0.2) is 57.7 Å². The van der Waals surface area contributed by atoms with E-state index in [0.717, 1.165) is 25.1 Å². The highest BCUT2D eigenvalue weighted by molar-refractivity contribution is 7.92. The molecule has 6 nitrogen and oxygen atoms in total. The number of nitrogens with one attached hydrogen (secondary N) is 1. The highest BCUT2D eigenvalue weighted by Gasteiger charge is 2.27. The van der Waals surface area contributed by atoms with Crippen molar-refractivity contribution in [1.82, 2.24) is 10.2 Å². The molecule has 0 fully saturated rings. The van der Waals surface area contributed by atoms with E-state index in [1.807, 2.05) is 24.3 Å². The highest BCUT2D eigenvalue weighted by atomic mass is 32.2. The second kappa shape index (κ2) is 9.62. The van der Waals surface area contributed by atoms with Gasteiger partial charge in [0.2, 0.25) is 10.0 Å².